The Labute approximate surface area is 131 Å². The van der Waals surface area contributed by atoms with E-state index in [1.165, 1.54) is 12.1 Å². The van der Waals surface area contributed by atoms with E-state index in [1.54, 1.807) is 37.4 Å². The number of halogens is 4. The molecule has 0 aliphatic rings. The van der Waals surface area contributed by atoms with Crippen LogP contribution in [0.4, 0.5) is 8.78 Å². The molecule has 0 heterocycles. The number of benzene rings is 2. The summed E-state index contributed by atoms with van der Waals surface area (Å²) in [5.74, 6) is 0.715. The molecule has 0 aliphatic heterocycles. The molecule has 0 fully saturated rings. The van der Waals surface area contributed by atoms with Gasteiger partial charge >= 0.3 is 6.61 Å². The Morgan fingerprint density at radius 1 is 1.00 bits per heavy atom. The highest BCUT2D eigenvalue weighted by Gasteiger charge is 2.15. The zero-order valence-electron chi connectivity index (χ0n) is 11.0. The van der Waals surface area contributed by atoms with Gasteiger partial charge in [0.15, 0.2) is 0 Å². The molecule has 2 aromatic carbocycles. The summed E-state index contributed by atoms with van der Waals surface area (Å²) in [4.78, 5) is 0. The average Bonchev–Trinajstić information content (AvgIpc) is 2.46. The van der Waals surface area contributed by atoms with Crippen molar-refractivity contribution in [3.8, 4) is 11.5 Å². The zero-order chi connectivity index (χ0) is 15.4. The van der Waals surface area contributed by atoms with E-state index in [4.69, 9.17) is 27.9 Å². The lowest BCUT2D eigenvalue weighted by molar-refractivity contribution is -0.0498. The predicted molar refractivity (Wildman–Crippen MR) is 78.8 cm³/mol. The van der Waals surface area contributed by atoms with Gasteiger partial charge in [-0.05, 0) is 35.4 Å². The quantitative estimate of drug-likeness (QED) is 0.693. The smallest absolute Gasteiger partial charge is 0.387 e. The van der Waals surface area contributed by atoms with E-state index in [0.29, 0.717) is 16.3 Å². The first-order valence-electron chi connectivity index (χ1n) is 6.03. The molecule has 2 nitrogen and oxygen atoms in total. The van der Waals surface area contributed by atoms with Crippen LogP contribution < -0.4 is 9.47 Å². The van der Waals surface area contributed by atoms with Gasteiger partial charge in [0.05, 0.1) is 12.5 Å². The minimum absolute atomic E-state index is 0.0819. The molecule has 0 radical (unpaired) electrons. The van der Waals surface area contributed by atoms with E-state index in [0.717, 1.165) is 5.56 Å². The van der Waals surface area contributed by atoms with Gasteiger partial charge in [0.2, 0.25) is 0 Å². The molecule has 0 amide bonds. The number of rotatable bonds is 5. The second-order valence-corrected chi connectivity index (χ2v) is 5.04. The highest BCUT2D eigenvalue weighted by molar-refractivity contribution is 6.33. The molecule has 0 saturated heterocycles. The van der Waals surface area contributed by atoms with Crippen LogP contribution in [0, 0.1) is 0 Å². The maximum Gasteiger partial charge on any atom is 0.387 e. The summed E-state index contributed by atoms with van der Waals surface area (Å²) in [5, 5.41) is -0.0220. The molecule has 0 aliphatic carbocycles. The Kier molecular flexibility index (Phi) is 5.26. The molecule has 6 heteroatoms. The van der Waals surface area contributed by atoms with Crippen LogP contribution in [-0.4, -0.2) is 13.7 Å². The van der Waals surface area contributed by atoms with Crippen molar-refractivity contribution < 1.29 is 18.3 Å². The summed E-state index contributed by atoms with van der Waals surface area (Å²) in [6.07, 6.45) is 0. The Hall–Kier alpha value is -1.52. The van der Waals surface area contributed by atoms with Crippen molar-refractivity contribution in [3.63, 3.8) is 0 Å². The Balaban J connectivity index is 2.21. The van der Waals surface area contributed by atoms with Gasteiger partial charge in [-0.25, -0.2) is 0 Å². The molecule has 2 aromatic rings. The van der Waals surface area contributed by atoms with E-state index in [1.807, 2.05) is 0 Å². The van der Waals surface area contributed by atoms with E-state index in [9.17, 15) is 8.78 Å². The number of alkyl halides is 3. The van der Waals surface area contributed by atoms with Crippen LogP contribution >= 0.6 is 23.2 Å². The topological polar surface area (TPSA) is 18.5 Å². The van der Waals surface area contributed by atoms with Gasteiger partial charge in [0.1, 0.15) is 11.5 Å². The van der Waals surface area contributed by atoms with Crippen molar-refractivity contribution in [1.29, 1.82) is 0 Å². The maximum absolute atomic E-state index is 12.1. The molecule has 0 bridgehead atoms. The SMILES string of the molecule is COc1ccc(C(Cl)c2ccc(OC(F)F)cc2)c(Cl)c1. The third-order valence-electron chi connectivity index (χ3n) is 2.88. The van der Waals surface area contributed by atoms with E-state index in [2.05, 4.69) is 4.74 Å². The first-order valence-corrected chi connectivity index (χ1v) is 6.85. The largest absolute Gasteiger partial charge is 0.497 e. The highest BCUT2D eigenvalue weighted by atomic mass is 35.5. The van der Waals surface area contributed by atoms with Crippen molar-refractivity contribution in [2.45, 2.75) is 12.0 Å². The summed E-state index contributed by atoms with van der Waals surface area (Å²) in [7, 11) is 1.55. The summed E-state index contributed by atoms with van der Waals surface area (Å²) in [5.41, 5.74) is 1.44. The minimum Gasteiger partial charge on any atom is -0.497 e. The fourth-order valence-electron chi connectivity index (χ4n) is 1.84. The van der Waals surface area contributed by atoms with Gasteiger partial charge in [-0.2, -0.15) is 8.78 Å². The highest BCUT2D eigenvalue weighted by Crippen LogP contribution is 2.36. The van der Waals surface area contributed by atoms with Crippen LogP contribution in [0.3, 0.4) is 0 Å². The van der Waals surface area contributed by atoms with Crippen LogP contribution in [0.15, 0.2) is 42.5 Å². The summed E-state index contributed by atoms with van der Waals surface area (Å²) < 4.78 is 33.5. The normalized spacial score (nSPS) is 12.3. The summed E-state index contributed by atoms with van der Waals surface area (Å²) >= 11 is 12.5. The van der Waals surface area contributed by atoms with Crippen molar-refractivity contribution >= 4 is 23.2 Å². The Morgan fingerprint density at radius 3 is 2.14 bits per heavy atom. The first kappa shape index (κ1) is 15.9. The Bertz CT molecular complexity index is 603. The molecule has 2 rings (SSSR count). The number of hydrogen-bond acceptors (Lipinski definition) is 2. The number of methoxy groups -OCH3 is 1. The average molecular weight is 333 g/mol. The molecule has 21 heavy (non-hydrogen) atoms. The van der Waals surface area contributed by atoms with Gasteiger partial charge in [-0.1, -0.05) is 29.8 Å². The van der Waals surface area contributed by atoms with Crippen molar-refractivity contribution in [2.24, 2.45) is 0 Å². The van der Waals surface area contributed by atoms with Crippen LogP contribution in [-0.2, 0) is 0 Å². The van der Waals surface area contributed by atoms with Gasteiger partial charge < -0.3 is 9.47 Å². The predicted octanol–water partition coefficient (Wildman–Crippen LogP) is 5.28. The van der Waals surface area contributed by atoms with Crippen LogP contribution in [0.1, 0.15) is 16.5 Å². The molecule has 1 unspecified atom stereocenters. The summed E-state index contributed by atoms with van der Waals surface area (Å²) in [6.45, 7) is -2.85. The van der Waals surface area contributed by atoms with Gasteiger partial charge in [-0.3, -0.25) is 0 Å². The van der Waals surface area contributed by atoms with Gasteiger partial charge in [-0.15, -0.1) is 11.6 Å². The standard InChI is InChI=1S/C15H12Cl2F2O2/c1-20-11-6-7-12(13(16)8-11)14(17)9-2-4-10(5-3-9)21-15(18)19/h2-8,14-15H,1H3. The lowest BCUT2D eigenvalue weighted by Crippen LogP contribution is -2.02. The third kappa shape index (κ3) is 3.99. The maximum atomic E-state index is 12.1. The third-order valence-corrected chi connectivity index (χ3v) is 3.69. The van der Waals surface area contributed by atoms with Crippen molar-refractivity contribution in [2.75, 3.05) is 7.11 Å². The zero-order valence-corrected chi connectivity index (χ0v) is 12.5. The molecule has 0 spiro atoms. The second kappa shape index (κ2) is 6.96. The molecule has 0 saturated carbocycles. The molecular weight excluding hydrogens is 321 g/mol. The first-order chi connectivity index (χ1) is 10.0. The van der Waals surface area contributed by atoms with E-state index >= 15 is 0 Å². The van der Waals surface area contributed by atoms with Crippen LogP contribution in [0.2, 0.25) is 5.02 Å². The van der Waals surface area contributed by atoms with Crippen molar-refractivity contribution in [3.05, 3.63) is 58.6 Å². The fourth-order valence-corrected chi connectivity index (χ4v) is 2.51. The Morgan fingerprint density at radius 2 is 1.62 bits per heavy atom. The fraction of sp³-hybridized carbons (Fsp3) is 0.200. The monoisotopic (exact) mass is 332 g/mol. The van der Waals surface area contributed by atoms with Gasteiger partial charge in [0, 0.05) is 5.02 Å². The van der Waals surface area contributed by atoms with E-state index < -0.39 is 12.0 Å². The lowest BCUT2D eigenvalue weighted by atomic mass is 10.0. The molecule has 0 N–H and O–H groups in total. The number of hydrogen-bond donors (Lipinski definition) is 0. The van der Waals surface area contributed by atoms with Gasteiger partial charge in [0.25, 0.3) is 0 Å². The minimum atomic E-state index is -2.85. The second-order valence-electron chi connectivity index (χ2n) is 4.20. The molecule has 112 valence electrons. The molecular formula is C15H12Cl2F2O2. The number of ether oxygens (including phenoxy) is 2. The van der Waals surface area contributed by atoms with Crippen LogP contribution in [0.25, 0.3) is 0 Å². The summed E-state index contributed by atoms with van der Waals surface area (Å²) in [6, 6.07) is 11.3. The lowest BCUT2D eigenvalue weighted by Gasteiger charge is -2.14. The molecule has 1 atom stereocenters. The molecule has 0 aromatic heterocycles. The van der Waals surface area contributed by atoms with Crippen molar-refractivity contribution in [1.82, 2.24) is 0 Å². The van der Waals surface area contributed by atoms with E-state index in [-0.39, 0.29) is 5.75 Å². The van der Waals surface area contributed by atoms with Crippen LogP contribution in [0.5, 0.6) is 11.5 Å².